The van der Waals surface area contributed by atoms with Gasteiger partial charge in [0.1, 0.15) is 6.04 Å². The van der Waals surface area contributed by atoms with Crippen LogP contribution >= 0.6 is 0 Å². The van der Waals surface area contributed by atoms with E-state index in [2.05, 4.69) is 15.5 Å². The number of morpholine rings is 1. The van der Waals surface area contributed by atoms with Gasteiger partial charge in [0.2, 0.25) is 5.91 Å². The van der Waals surface area contributed by atoms with Crippen LogP contribution in [0.2, 0.25) is 0 Å². The molecule has 0 bridgehead atoms. The second-order valence-electron chi connectivity index (χ2n) is 5.28. The third kappa shape index (κ3) is 2.53. The first-order chi connectivity index (χ1) is 9.66. The molecule has 1 aromatic heterocycles. The van der Waals surface area contributed by atoms with Crippen LogP contribution in [0.3, 0.4) is 0 Å². The van der Waals surface area contributed by atoms with E-state index < -0.39 is 6.04 Å². The molecule has 7 nitrogen and oxygen atoms in total. The lowest BCUT2D eigenvalue weighted by atomic mass is 10.1. The summed E-state index contributed by atoms with van der Waals surface area (Å²) in [4.78, 5) is 26.3. The normalized spacial score (nSPS) is 22.6. The molecule has 7 heteroatoms. The lowest BCUT2D eigenvalue weighted by Crippen LogP contribution is -2.56. The Morgan fingerprint density at radius 3 is 2.95 bits per heavy atom. The van der Waals surface area contributed by atoms with Crippen molar-refractivity contribution in [1.29, 1.82) is 0 Å². The van der Waals surface area contributed by atoms with Gasteiger partial charge in [-0.3, -0.25) is 14.7 Å². The zero-order valence-corrected chi connectivity index (χ0v) is 11.4. The van der Waals surface area contributed by atoms with Gasteiger partial charge < -0.3 is 15.0 Å². The van der Waals surface area contributed by atoms with Crippen LogP contribution in [-0.2, 0) is 9.53 Å². The number of rotatable bonds is 3. The Labute approximate surface area is 116 Å². The highest BCUT2D eigenvalue weighted by Gasteiger charge is 2.36. The summed E-state index contributed by atoms with van der Waals surface area (Å²) in [6.45, 7) is 2.92. The molecule has 0 spiro atoms. The van der Waals surface area contributed by atoms with Crippen LogP contribution in [0.4, 0.5) is 0 Å². The Kier molecular flexibility index (Phi) is 3.43. The van der Waals surface area contributed by atoms with E-state index in [1.165, 1.54) is 6.20 Å². The molecular formula is C13H18N4O3. The molecule has 3 rings (SSSR count). The molecule has 1 aliphatic carbocycles. The Bertz CT molecular complexity index is 523. The summed E-state index contributed by atoms with van der Waals surface area (Å²) in [5.41, 5.74) is 1.22. The Balaban J connectivity index is 1.75. The average Bonchev–Trinajstić information content (AvgIpc) is 3.17. The van der Waals surface area contributed by atoms with E-state index >= 15 is 0 Å². The zero-order chi connectivity index (χ0) is 14.1. The quantitative estimate of drug-likeness (QED) is 0.804. The maximum absolute atomic E-state index is 12.5. The number of carbonyl (C=O) groups is 2. The van der Waals surface area contributed by atoms with Crippen molar-refractivity contribution < 1.29 is 14.3 Å². The van der Waals surface area contributed by atoms with E-state index in [-0.39, 0.29) is 24.5 Å². The van der Waals surface area contributed by atoms with E-state index in [1.807, 2.05) is 0 Å². The molecule has 20 heavy (non-hydrogen) atoms. The first kappa shape index (κ1) is 13.1. The van der Waals surface area contributed by atoms with Crippen molar-refractivity contribution in [3.05, 3.63) is 17.5 Å². The Morgan fingerprint density at radius 1 is 1.50 bits per heavy atom. The third-order valence-corrected chi connectivity index (χ3v) is 3.68. The molecule has 2 fully saturated rings. The number of carbonyl (C=O) groups excluding carboxylic acids is 2. The van der Waals surface area contributed by atoms with Gasteiger partial charge in [-0.05, 0) is 19.8 Å². The predicted molar refractivity (Wildman–Crippen MR) is 70.1 cm³/mol. The summed E-state index contributed by atoms with van der Waals surface area (Å²) in [6.07, 6.45) is 3.55. The minimum absolute atomic E-state index is 0.123. The topological polar surface area (TPSA) is 87.3 Å². The number of amides is 2. The van der Waals surface area contributed by atoms with Gasteiger partial charge in [-0.15, -0.1) is 0 Å². The summed E-state index contributed by atoms with van der Waals surface area (Å²) in [6, 6.07) is -0.275. The lowest BCUT2D eigenvalue weighted by Gasteiger charge is -2.34. The molecular weight excluding hydrogens is 260 g/mol. The molecule has 1 aliphatic heterocycles. The van der Waals surface area contributed by atoms with Crippen molar-refractivity contribution in [1.82, 2.24) is 20.4 Å². The van der Waals surface area contributed by atoms with Crippen LogP contribution in [0.25, 0.3) is 0 Å². The minimum atomic E-state index is -0.550. The maximum atomic E-state index is 12.5. The lowest BCUT2D eigenvalue weighted by molar-refractivity contribution is -0.130. The largest absolute Gasteiger partial charge is 0.377 e. The van der Waals surface area contributed by atoms with Crippen LogP contribution in [-0.4, -0.2) is 58.8 Å². The van der Waals surface area contributed by atoms with Crippen LogP contribution in [0.15, 0.2) is 6.20 Å². The van der Waals surface area contributed by atoms with E-state index in [0.29, 0.717) is 24.4 Å². The third-order valence-electron chi connectivity index (χ3n) is 3.68. The molecule has 2 amide bonds. The van der Waals surface area contributed by atoms with Gasteiger partial charge in [-0.25, -0.2) is 0 Å². The fourth-order valence-electron chi connectivity index (χ4n) is 2.31. The monoisotopic (exact) mass is 278 g/mol. The Hall–Kier alpha value is -1.89. The number of ether oxygens (including phenoxy) is 1. The van der Waals surface area contributed by atoms with Crippen molar-refractivity contribution >= 4 is 11.8 Å². The highest BCUT2D eigenvalue weighted by atomic mass is 16.5. The number of H-pyrrole nitrogens is 1. The number of hydrogen-bond donors (Lipinski definition) is 2. The standard InChI is InChI=1S/C13H18N4O3/c1-8-10(6-14-16-8)13(19)17-4-5-20-7-11(17)12(18)15-9-2-3-9/h6,9,11H,2-5,7H2,1H3,(H,14,16)(H,15,18). The number of nitrogens with one attached hydrogen (secondary N) is 2. The predicted octanol–water partition coefficient (Wildman–Crippen LogP) is -0.162. The van der Waals surface area contributed by atoms with Crippen molar-refractivity contribution in [2.45, 2.75) is 31.8 Å². The van der Waals surface area contributed by atoms with Gasteiger partial charge in [0.15, 0.2) is 0 Å². The van der Waals surface area contributed by atoms with Crippen molar-refractivity contribution in [3.8, 4) is 0 Å². The van der Waals surface area contributed by atoms with E-state index in [0.717, 1.165) is 12.8 Å². The molecule has 1 aromatic rings. The molecule has 108 valence electrons. The summed E-state index contributed by atoms with van der Waals surface area (Å²) >= 11 is 0. The molecule has 2 N–H and O–H groups in total. The molecule has 2 aliphatic rings. The zero-order valence-electron chi connectivity index (χ0n) is 11.4. The fourth-order valence-corrected chi connectivity index (χ4v) is 2.31. The van der Waals surface area contributed by atoms with Gasteiger partial charge in [-0.2, -0.15) is 5.10 Å². The summed E-state index contributed by atoms with van der Waals surface area (Å²) in [5.74, 6) is -0.294. The van der Waals surface area contributed by atoms with Gasteiger partial charge in [-0.1, -0.05) is 0 Å². The van der Waals surface area contributed by atoms with E-state index in [9.17, 15) is 9.59 Å². The second-order valence-corrected chi connectivity index (χ2v) is 5.28. The molecule has 0 aromatic carbocycles. The number of hydrogen-bond acceptors (Lipinski definition) is 4. The summed E-state index contributed by atoms with van der Waals surface area (Å²) in [5, 5.41) is 9.54. The smallest absolute Gasteiger partial charge is 0.258 e. The minimum Gasteiger partial charge on any atom is -0.377 e. The average molecular weight is 278 g/mol. The molecule has 1 unspecified atom stereocenters. The number of aromatic nitrogens is 2. The van der Waals surface area contributed by atoms with Crippen LogP contribution in [0, 0.1) is 6.92 Å². The Morgan fingerprint density at radius 2 is 2.30 bits per heavy atom. The number of aromatic amines is 1. The van der Waals surface area contributed by atoms with Crippen molar-refractivity contribution in [2.75, 3.05) is 19.8 Å². The highest BCUT2D eigenvalue weighted by Crippen LogP contribution is 2.20. The van der Waals surface area contributed by atoms with Crippen LogP contribution < -0.4 is 5.32 Å². The van der Waals surface area contributed by atoms with E-state index in [4.69, 9.17) is 4.74 Å². The SMILES string of the molecule is Cc1[nH]ncc1C(=O)N1CCOCC1C(=O)NC1CC1. The van der Waals surface area contributed by atoms with Crippen LogP contribution in [0.1, 0.15) is 28.9 Å². The molecule has 2 heterocycles. The number of aryl methyl sites for hydroxylation is 1. The first-order valence-corrected chi connectivity index (χ1v) is 6.86. The van der Waals surface area contributed by atoms with Gasteiger partial charge in [0.05, 0.1) is 25.0 Å². The number of nitrogens with zero attached hydrogens (tertiary/aromatic N) is 2. The van der Waals surface area contributed by atoms with Crippen molar-refractivity contribution in [2.24, 2.45) is 0 Å². The first-order valence-electron chi connectivity index (χ1n) is 6.86. The molecule has 0 radical (unpaired) electrons. The molecule has 1 saturated carbocycles. The molecule has 1 atom stereocenters. The van der Waals surface area contributed by atoms with Gasteiger partial charge in [0.25, 0.3) is 5.91 Å². The highest BCUT2D eigenvalue weighted by molar-refractivity contribution is 5.98. The second kappa shape index (κ2) is 5.24. The summed E-state index contributed by atoms with van der Waals surface area (Å²) < 4.78 is 5.36. The maximum Gasteiger partial charge on any atom is 0.258 e. The summed E-state index contributed by atoms with van der Waals surface area (Å²) in [7, 11) is 0. The van der Waals surface area contributed by atoms with Crippen molar-refractivity contribution in [3.63, 3.8) is 0 Å². The van der Waals surface area contributed by atoms with E-state index in [1.54, 1.807) is 11.8 Å². The van der Waals surface area contributed by atoms with Gasteiger partial charge in [0, 0.05) is 18.3 Å². The fraction of sp³-hybridized carbons (Fsp3) is 0.615. The van der Waals surface area contributed by atoms with Crippen LogP contribution in [0.5, 0.6) is 0 Å². The van der Waals surface area contributed by atoms with Gasteiger partial charge >= 0.3 is 0 Å². The molecule has 1 saturated heterocycles.